The molecule has 0 atom stereocenters. The van der Waals surface area contributed by atoms with Gasteiger partial charge in [-0.25, -0.2) is 0 Å². The summed E-state index contributed by atoms with van der Waals surface area (Å²) in [5.74, 6) is 0.186. The maximum Gasteiger partial charge on any atom is 0.270 e. The second-order valence-electron chi connectivity index (χ2n) is 5.79. The molecule has 2 fully saturated rings. The molecule has 6 nitrogen and oxygen atoms in total. The van der Waals surface area contributed by atoms with Crippen molar-refractivity contribution in [1.29, 1.82) is 0 Å². The molecule has 6 heteroatoms. The van der Waals surface area contributed by atoms with Crippen molar-refractivity contribution < 1.29 is 9.32 Å². The smallest absolute Gasteiger partial charge is 0.270 e. The maximum atomic E-state index is 11.0. The molecule has 1 aromatic heterocycles. The Morgan fingerprint density at radius 3 is 2.60 bits per heavy atom. The van der Waals surface area contributed by atoms with E-state index in [-0.39, 0.29) is 5.69 Å². The number of aromatic nitrogens is 1. The lowest BCUT2D eigenvalue weighted by molar-refractivity contribution is 0.0990. The van der Waals surface area contributed by atoms with Crippen LogP contribution in [0.25, 0.3) is 0 Å². The second kappa shape index (κ2) is 5.93. The van der Waals surface area contributed by atoms with Crippen LogP contribution in [-0.2, 0) is 6.54 Å². The van der Waals surface area contributed by atoms with Crippen molar-refractivity contribution in [3.8, 4) is 0 Å². The molecule has 2 N–H and O–H groups in total. The Hall–Kier alpha value is -1.40. The molecule has 20 heavy (non-hydrogen) atoms. The van der Waals surface area contributed by atoms with E-state index in [0.29, 0.717) is 6.54 Å². The minimum Gasteiger partial charge on any atom is -0.364 e. The third-order valence-electron chi connectivity index (χ3n) is 4.41. The Morgan fingerprint density at radius 1 is 1.30 bits per heavy atom. The zero-order valence-corrected chi connectivity index (χ0v) is 11.8. The van der Waals surface area contributed by atoms with Gasteiger partial charge in [0.25, 0.3) is 5.91 Å². The van der Waals surface area contributed by atoms with Crippen molar-refractivity contribution in [2.75, 3.05) is 26.2 Å². The second-order valence-corrected chi connectivity index (χ2v) is 5.79. The van der Waals surface area contributed by atoms with Gasteiger partial charge in [0.05, 0.1) is 6.54 Å². The predicted molar refractivity (Wildman–Crippen MR) is 74.1 cm³/mol. The fourth-order valence-electron chi connectivity index (χ4n) is 3.27. The minimum atomic E-state index is -0.534. The number of rotatable bonds is 4. The number of nitrogens with zero attached hydrogens (tertiary/aromatic N) is 3. The molecule has 2 saturated heterocycles. The summed E-state index contributed by atoms with van der Waals surface area (Å²) in [7, 11) is 0. The summed E-state index contributed by atoms with van der Waals surface area (Å²) in [5, 5.41) is 3.67. The zero-order valence-electron chi connectivity index (χ0n) is 11.8. The van der Waals surface area contributed by atoms with Crippen LogP contribution in [0.2, 0.25) is 0 Å². The number of nitrogens with two attached hydrogens (primary N) is 1. The molecular weight excluding hydrogens is 256 g/mol. The zero-order chi connectivity index (χ0) is 13.9. The third kappa shape index (κ3) is 3.02. The van der Waals surface area contributed by atoms with Crippen LogP contribution in [0.15, 0.2) is 10.6 Å². The summed E-state index contributed by atoms with van der Waals surface area (Å²) < 4.78 is 5.15. The van der Waals surface area contributed by atoms with Crippen molar-refractivity contribution in [3.63, 3.8) is 0 Å². The monoisotopic (exact) mass is 278 g/mol. The molecular formula is C14H22N4O2. The van der Waals surface area contributed by atoms with E-state index in [1.807, 2.05) is 0 Å². The number of piperidine rings is 1. The van der Waals surface area contributed by atoms with Crippen molar-refractivity contribution in [2.24, 2.45) is 5.73 Å². The van der Waals surface area contributed by atoms with E-state index < -0.39 is 5.91 Å². The molecule has 1 aromatic rings. The minimum absolute atomic E-state index is 0.215. The molecule has 0 aromatic carbocycles. The van der Waals surface area contributed by atoms with Crippen LogP contribution in [0.1, 0.15) is 41.9 Å². The molecule has 0 radical (unpaired) electrons. The van der Waals surface area contributed by atoms with Crippen molar-refractivity contribution in [3.05, 3.63) is 17.5 Å². The van der Waals surface area contributed by atoms with Crippen molar-refractivity contribution >= 4 is 5.91 Å². The lowest BCUT2D eigenvalue weighted by Gasteiger charge is -2.36. The van der Waals surface area contributed by atoms with E-state index in [4.69, 9.17) is 10.3 Å². The molecule has 0 saturated carbocycles. The van der Waals surface area contributed by atoms with Gasteiger partial charge < -0.3 is 15.2 Å². The number of amides is 1. The van der Waals surface area contributed by atoms with Crippen molar-refractivity contribution in [1.82, 2.24) is 15.0 Å². The molecule has 0 aliphatic carbocycles. The summed E-state index contributed by atoms with van der Waals surface area (Å²) in [6, 6.07) is 2.40. The topological polar surface area (TPSA) is 75.6 Å². The highest BCUT2D eigenvalue weighted by Gasteiger charge is 2.26. The van der Waals surface area contributed by atoms with Gasteiger partial charge in [-0.1, -0.05) is 5.16 Å². The summed E-state index contributed by atoms with van der Waals surface area (Å²) in [5.41, 5.74) is 5.38. The normalized spacial score (nSPS) is 22.4. The Morgan fingerprint density at radius 2 is 2.00 bits per heavy atom. The summed E-state index contributed by atoms with van der Waals surface area (Å²) in [4.78, 5) is 16.0. The predicted octanol–water partition coefficient (Wildman–Crippen LogP) is 0.834. The SMILES string of the molecule is NC(=O)c1cc(CN2CCC(N3CCCC3)CC2)on1. The molecule has 0 bridgehead atoms. The number of hydrogen-bond acceptors (Lipinski definition) is 5. The molecule has 1 amide bonds. The largest absolute Gasteiger partial charge is 0.364 e. The van der Waals surface area contributed by atoms with Gasteiger partial charge in [0.1, 0.15) is 0 Å². The van der Waals surface area contributed by atoms with E-state index >= 15 is 0 Å². The van der Waals surface area contributed by atoms with Gasteiger partial charge in [0, 0.05) is 25.2 Å². The number of carbonyl (C=O) groups is 1. The van der Waals surface area contributed by atoms with Crippen LogP contribution >= 0.6 is 0 Å². The van der Waals surface area contributed by atoms with Gasteiger partial charge >= 0.3 is 0 Å². The van der Waals surface area contributed by atoms with Gasteiger partial charge in [0.2, 0.25) is 0 Å². The number of carbonyl (C=O) groups excluding carboxylic acids is 1. The van der Waals surface area contributed by atoms with Gasteiger partial charge in [-0.3, -0.25) is 9.69 Å². The molecule has 3 heterocycles. The number of primary amides is 1. The van der Waals surface area contributed by atoms with Crippen LogP contribution in [-0.4, -0.2) is 53.1 Å². The lowest BCUT2D eigenvalue weighted by Crippen LogP contribution is -2.43. The average molecular weight is 278 g/mol. The Kier molecular flexibility index (Phi) is 4.03. The fourth-order valence-corrected chi connectivity index (χ4v) is 3.27. The van der Waals surface area contributed by atoms with Gasteiger partial charge in [-0.2, -0.15) is 0 Å². The Balaban J connectivity index is 1.49. The molecule has 3 rings (SSSR count). The molecule has 2 aliphatic rings. The summed E-state index contributed by atoms with van der Waals surface area (Å²) in [6.45, 7) is 5.41. The van der Waals surface area contributed by atoms with Crippen LogP contribution in [0.4, 0.5) is 0 Å². The number of likely N-dealkylation sites (tertiary alicyclic amines) is 2. The first-order valence-corrected chi connectivity index (χ1v) is 7.44. The quantitative estimate of drug-likeness (QED) is 0.883. The first-order chi connectivity index (χ1) is 9.72. The van der Waals surface area contributed by atoms with E-state index in [9.17, 15) is 4.79 Å². The van der Waals surface area contributed by atoms with Gasteiger partial charge in [-0.15, -0.1) is 0 Å². The lowest BCUT2D eigenvalue weighted by atomic mass is 10.0. The maximum absolute atomic E-state index is 11.0. The summed E-state index contributed by atoms with van der Waals surface area (Å²) in [6.07, 6.45) is 5.15. The number of hydrogen-bond donors (Lipinski definition) is 1. The van der Waals surface area contributed by atoms with Gasteiger partial charge in [0.15, 0.2) is 11.5 Å². The van der Waals surface area contributed by atoms with Gasteiger partial charge in [-0.05, 0) is 38.8 Å². The third-order valence-corrected chi connectivity index (χ3v) is 4.41. The van der Waals surface area contributed by atoms with Crippen LogP contribution < -0.4 is 5.73 Å². The van der Waals surface area contributed by atoms with Crippen molar-refractivity contribution in [2.45, 2.75) is 38.3 Å². The van der Waals surface area contributed by atoms with E-state index in [2.05, 4.69) is 15.0 Å². The Labute approximate surface area is 118 Å². The highest BCUT2D eigenvalue weighted by molar-refractivity contribution is 5.90. The molecule has 0 spiro atoms. The molecule has 110 valence electrons. The molecule has 0 unspecified atom stereocenters. The van der Waals surface area contributed by atoms with Crippen LogP contribution in [0, 0.1) is 0 Å². The van der Waals surface area contributed by atoms with Crippen LogP contribution in [0.5, 0.6) is 0 Å². The van der Waals surface area contributed by atoms with E-state index in [0.717, 1.165) is 24.9 Å². The summed E-state index contributed by atoms with van der Waals surface area (Å²) >= 11 is 0. The first-order valence-electron chi connectivity index (χ1n) is 7.44. The molecule has 2 aliphatic heterocycles. The standard InChI is InChI=1S/C14H22N4O2/c15-14(19)13-9-12(20-16-13)10-17-7-3-11(4-8-17)18-5-1-2-6-18/h9,11H,1-8,10H2,(H2,15,19). The highest BCUT2D eigenvalue weighted by atomic mass is 16.5. The van der Waals surface area contributed by atoms with E-state index in [1.54, 1.807) is 6.07 Å². The highest BCUT2D eigenvalue weighted by Crippen LogP contribution is 2.22. The first kappa shape index (κ1) is 13.6. The van der Waals surface area contributed by atoms with Crippen LogP contribution in [0.3, 0.4) is 0 Å². The van der Waals surface area contributed by atoms with E-state index in [1.165, 1.54) is 38.8 Å². The average Bonchev–Trinajstić information content (AvgIpc) is 3.10. The Bertz CT molecular complexity index is 459. The fraction of sp³-hybridized carbons (Fsp3) is 0.714.